The van der Waals surface area contributed by atoms with E-state index in [1.54, 1.807) is 14.1 Å². The number of halogens is 2. The van der Waals surface area contributed by atoms with Crippen LogP contribution in [0.1, 0.15) is 0 Å². The number of anilines is 1. The molecule has 1 aromatic rings. The Morgan fingerprint density at radius 3 is 2.45 bits per heavy atom. The van der Waals surface area contributed by atoms with Gasteiger partial charge in [-0.25, -0.2) is 4.98 Å². The van der Waals surface area contributed by atoms with Crippen LogP contribution in [0.5, 0.6) is 0 Å². The molecule has 0 aromatic carbocycles. The molecule has 1 rings (SSSR count). The third-order valence-electron chi connectivity index (χ3n) is 1.11. The fourth-order valence-corrected chi connectivity index (χ4v) is 0.628. The monoisotopic (exact) mass is 159 g/mol. The minimum atomic E-state index is -0.782. The third kappa shape index (κ3) is 1.60. The Kier molecular flexibility index (Phi) is 1.98. The van der Waals surface area contributed by atoms with Crippen LogP contribution >= 0.6 is 0 Å². The summed E-state index contributed by atoms with van der Waals surface area (Å²) in [6.45, 7) is 0. The lowest BCUT2D eigenvalue weighted by molar-refractivity contribution is 0.528. The van der Waals surface area contributed by atoms with Crippen LogP contribution < -0.4 is 4.90 Å². The molecule has 0 spiro atoms. The van der Waals surface area contributed by atoms with Crippen LogP contribution in [0, 0.1) is 11.9 Å². The second-order valence-corrected chi connectivity index (χ2v) is 2.20. The van der Waals surface area contributed by atoms with Gasteiger partial charge in [0, 0.05) is 14.1 Å². The highest BCUT2D eigenvalue weighted by atomic mass is 19.1. The summed E-state index contributed by atoms with van der Waals surface area (Å²) in [6.07, 6.45) is 0.738. The van der Waals surface area contributed by atoms with E-state index in [9.17, 15) is 8.78 Å². The Balaban J connectivity index is 3.13. The molecule has 60 valence electrons. The molecule has 0 unspecified atom stereocenters. The van der Waals surface area contributed by atoms with Gasteiger partial charge >= 0.3 is 0 Å². The van der Waals surface area contributed by atoms with Crippen LogP contribution in [0.15, 0.2) is 6.20 Å². The number of rotatable bonds is 1. The summed E-state index contributed by atoms with van der Waals surface area (Å²) in [5.74, 6) is -1.64. The third-order valence-corrected chi connectivity index (χ3v) is 1.11. The molecule has 11 heavy (non-hydrogen) atoms. The molecule has 0 radical (unpaired) electrons. The zero-order valence-electron chi connectivity index (χ0n) is 6.17. The van der Waals surface area contributed by atoms with Gasteiger partial charge in [0.1, 0.15) is 0 Å². The quantitative estimate of drug-likeness (QED) is 0.607. The summed E-state index contributed by atoms with van der Waals surface area (Å²) in [5, 5.41) is 0. The predicted octanol–water partition coefficient (Wildman–Crippen LogP) is 0.821. The fourth-order valence-electron chi connectivity index (χ4n) is 0.628. The van der Waals surface area contributed by atoms with Crippen molar-refractivity contribution in [1.29, 1.82) is 0 Å². The molecule has 0 aliphatic rings. The Labute approximate surface area is 62.7 Å². The first kappa shape index (κ1) is 7.84. The lowest BCUT2D eigenvalue weighted by atomic mass is 10.6. The van der Waals surface area contributed by atoms with Crippen LogP contribution in [0.3, 0.4) is 0 Å². The van der Waals surface area contributed by atoms with E-state index in [0.29, 0.717) is 0 Å². The van der Waals surface area contributed by atoms with E-state index in [0.717, 1.165) is 6.20 Å². The van der Waals surface area contributed by atoms with E-state index in [1.807, 2.05) is 0 Å². The van der Waals surface area contributed by atoms with Crippen molar-refractivity contribution in [2.45, 2.75) is 0 Å². The molecular weight excluding hydrogens is 152 g/mol. The Morgan fingerprint density at radius 1 is 1.36 bits per heavy atom. The molecule has 0 aliphatic carbocycles. The van der Waals surface area contributed by atoms with E-state index in [4.69, 9.17) is 0 Å². The average Bonchev–Trinajstić information content (AvgIpc) is 1.94. The van der Waals surface area contributed by atoms with Crippen molar-refractivity contribution in [1.82, 2.24) is 9.97 Å². The highest BCUT2D eigenvalue weighted by Gasteiger charge is 2.07. The first-order chi connectivity index (χ1) is 5.11. The summed E-state index contributed by atoms with van der Waals surface area (Å²) in [6, 6.07) is 0. The van der Waals surface area contributed by atoms with Crippen molar-refractivity contribution in [3.05, 3.63) is 18.1 Å². The van der Waals surface area contributed by atoms with Crippen molar-refractivity contribution < 1.29 is 8.78 Å². The van der Waals surface area contributed by atoms with E-state index in [-0.39, 0.29) is 5.82 Å². The largest absolute Gasteiger partial charge is 0.359 e. The lowest BCUT2D eigenvalue weighted by Gasteiger charge is -2.09. The van der Waals surface area contributed by atoms with E-state index < -0.39 is 11.9 Å². The molecule has 0 fully saturated rings. The SMILES string of the molecule is CN(C)c1nc(F)cnc1F. The zero-order valence-corrected chi connectivity index (χ0v) is 6.17. The topological polar surface area (TPSA) is 29.0 Å². The zero-order chi connectivity index (χ0) is 8.43. The molecule has 0 saturated carbocycles. The number of nitrogens with zero attached hydrogens (tertiary/aromatic N) is 3. The van der Waals surface area contributed by atoms with Crippen LogP contribution in [0.4, 0.5) is 14.6 Å². The van der Waals surface area contributed by atoms with Gasteiger partial charge in [0.2, 0.25) is 5.95 Å². The van der Waals surface area contributed by atoms with Gasteiger partial charge in [-0.3, -0.25) is 0 Å². The van der Waals surface area contributed by atoms with Gasteiger partial charge in [0.15, 0.2) is 5.82 Å². The van der Waals surface area contributed by atoms with Crippen molar-refractivity contribution in [3.8, 4) is 0 Å². The summed E-state index contributed by atoms with van der Waals surface area (Å²) < 4.78 is 25.0. The van der Waals surface area contributed by atoms with Gasteiger partial charge in [-0.1, -0.05) is 0 Å². The Hall–Kier alpha value is -1.26. The number of hydrogen-bond acceptors (Lipinski definition) is 3. The van der Waals surface area contributed by atoms with E-state index in [1.165, 1.54) is 4.90 Å². The molecule has 0 saturated heterocycles. The molecule has 0 bridgehead atoms. The summed E-state index contributed by atoms with van der Waals surface area (Å²) in [4.78, 5) is 7.80. The maximum atomic E-state index is 12.6. The standard InChI is InChI=1S/C6H7F2N3/c1-11(2)6-5(8)9-3-4(7)10-6/h3H,1-2H3. The average molecular weight is 159 g/mol. The van der Waals surface area contributed by atoms with Gasteiger partial charge < -0.3 is 4.90 Å². The maximum absolute atomic E-state index is 12.6. The van der Waals surface area contributed by atoms with Crippen LogP contribution in [-0.4, -0.2) is 24.1 Å². The van der Waals surface area contributed by atoms with Crippen LogP contribution in [0.2, 0.25) is 0 Å². The first-order valence-electron chi connectivity index (χ1n) is 2.96. The number of hydrogen-bond donors (Lipinski definition) is 0. The summed E-state index contributed by atoms with van der Waals surface area (Å²) >= 11 is 0. The normalized spacial score (nSPS) is 9.82. The fraction of sp³-hybridized carbons (Fsp3) is 0.333. The second kappa shape index (κ2) is 2.77. The molecule has 3 nitrogen and oxygen atoms in total. The molecule has 1 heterocycles. The predicted molar refractivity (Wildman–Crippen MR) is 36.3 cm³/mol. The van der Waals surface area contributed by atoms with Crippen LogP contribution in [0.25, 0.3) is 0 Å². The van der Waals surface area contributed by atoms with Gasteiger partial charge in [-0.15, -0.1) is 0 Å². The molecule has 0 aliphatic heterocycles. The lowest BCUT2D eigenvalue weighted by Crippen LogP contribution is -2.14. The van der Waals surface area contributed by atoms with Gasteiger partial charge in [0.05, 0.1) is 6.20 Å². The molecule has 0 N–H and O–H groups in total. The minimum absolute atomic E-state index is 0.0926. The minimum Gasteiger partial charge on any atom is -0.359 e. The Bertz CT molecular complexity index is 262. The molecule has 0 atom stereocenters. The van der Waals surface area contributed by atoms with E-state index >= 15 is 0 Å². The maximum Gasteiger partial charge on any atom is 0.256 e. The Morgan fingerprint density at radius 2 is 2.00 bits per heavy atom. The smallest absolute Gasteiger partial charge is 0.256 e. The molecule has 0 amide bonds. The first-order valence-corrected chi connectivity index (χ1v) is 2.96. The molecular formula is C6H7F2N3. The molecule has 1 aromatic heterocycles. The highest BCUT2D eigenvalue weighted by molar-refractivity contribution is 5.33. The van der Waals surface area contributed by atoms with Gasteiger partial charge in [-0.2, -0.15) is 13.8 Å². The van der Waals surface area contributed by atoms with Gasteiger partial charge in [0.25, 0.3) is 5.95 Å². The summed E-state index contributed by atoms with van der Waals surface area (Å²) in [7, 11) is 3.12. The molecule has 5 heteroatoms. The van der Waals surface area contributed by atoms with Crippen molar-refractivity contribution in [3.63, 3.8) is 0 Å². The summed E-state index contributed by atoms with van der Waals surface area (Å²) in [5.41, 5.74) is 0. The number of aromatic nitrogens is 2. The highest BCUT2D eigenvalue weighted by Crippen LogP contribution is 2.09. The van der Waals surface area contributed by atoms with Gasteiger partial charge in [-0.05, 0) is 0 Å². The van der Waals surface area contributed by atoms with Crippen molar-refractivity contribution in [2.75, 3.05) is 19.0 Å². The van der Waals surface area contributed by atoms with E-state index in [2.05, 4.69) is 9.97 Å². The second-order valence-electron chi connectivity index (χ2n) is 2.20. The van der Waals surface area contributed by atoms with Crippen molar-refractivity contribution >= 4 is 5.82 Å². The van der Waals surface area contributed by atoms with Crippen molar-refractivity contribution in [2.24, 2.45) is 0 Å². The van der Waals surface area contributed by atoms with Crippen LogP contribution in [-0.2, 0) is 0 Å².